The van der Waals surface area contributed by atoms with Crippen LogP contribution in [-0.2, 0) is 9.53 Å². The first-order valence-electron chi connectivity index (χ1n) is 9.97. The largest absolute Gasteiger partial charge is 0.452 e. The molecule has 9 heteroatoms. The molecule has 0 radical (unpaired) electrons. The van der Waals surface area contributed by atoms with E-state index in [0.717, 1.165) is 24.4 Å². The van der Waals surface area contributed by atoms with E-state index in [1.165, 1.54) is 10.9 Å². The van der Waals surface area contributed by atoms with Gasteiger partial charge in [-0.25, -0.2) is 9.48 Å². The van der Waals surface area contributed by atoms with E-state index in [1.54, 1.807) is 36.4 Å². The predicted molar refractivity (Wildman–Crippen MR) is 119 cm³/mol. The molecule has 0 atom stereocenters. The van der Waals surface area contributed by atoms with E-state index in [9.17, 15) is 14.9 Å². The lowest BCUT2D eigenvalue weighted by Crippen LogP contribution is -2.23. The predicted octanol–water partition coefficient (Wildman–Crippen LogP) is 3.13. The molecule has 0 aliphatic carbocycles. The SMILES string of the molecule is CC1=NN(c2ccc(C(=O)OCC(=O)Nc3c(C#N)cnn3-c3ccccc3)cc2)CC1. The van der Waals surface area contributed by atoms with Crippen molar-refractivity contribution in [2.24, 2.45) is 5.10 Å². The lowest BCUT2D eigenvalue weighted by atomic mass is 10.2. The molecule has 0 fully saturated rings. The third-order valence-corrected chi connectivity index (χ3v) is 4.86. The fourth-order valence-electron chi connectivity index (χ4n) is 3.23. The number of nitriles is 1. The molecule has 0 bridgehead atoms. The molecule has 1 N–H and O–H groups in total. The van der Waals surface area contributed by atoms with Gasteiger partial charge in [-0.3, -0.25) is 9.80 Å². The van der Waals surface area contributed by atoms with Crippen LogP contribution in [0, 0.1) is 11.3 Å². The summed E-state index contributed by atoms with van der Waals surface area (Å²) in [4.78, 5) is 24.7. The maximum Gasteiger partial charge on any atom is 0.338 e. The van der Waals surface area contributed by atoms with Gasteiger partial charge in [-0.2, -0.15) is 15.5 Å². The second-order valence-corrected chi connectivity index (χ2v) is 7.15. The summed E-state index contributed by atoms with van der Waals surface area (Å²) < 4.78 is 6.58. The van der Waals surface area contributed by atoms with Gasteiger partial charge in [0.1, 0.15) is 11.6 Å². The topological polar surface area (TPSA) is 113 Å². The Bertz CT molecular complexity index is 1210. The Morgan fingerprint density at radius 3 is 2.53 bits per heavy atom. The van der Waals surface area contributed by atoms with E-state index < -0.39 is 18.5 Å². The highest BCUT2D eigenvalue weighted by molar-refractivity contribution is 5.96. The van der Waals surface area contributed by atoms with Gasteiger partial charge < -0.3 is 10.1 Å². The van der Waals surface area contributed by atoms with Crippen LogP contribution in [-0.4, -0.2) is 40.5 Å². The average Bonchev–Trinajstić information content (AvgIpc) is 3.44. The third-order valence-electron chi connectivity index (χ3n) is 4.86. The van der Waals surface area contributed by atoms with Gasteiger partial charge in [0.05, 0.1) is 23.1 Å². The number of nitrogens with zero attached hydrogens (tertiary/aromatic N) is 5. The molecule has 0 saturated carbocycles. The lowest BCUT2D eigenvalue weighted by Gasteiger charge is -2.14. The molecule has 32 heavy (non-hydrogen) atoms. The number of para-hydroxylation sites is 1. The van der Waals surface area contributed by atoms with Crippen molar-refractivity contribution in [3.8, 4) is 11.8 Å². The van der Waals surface area contributed by atoms with Gasteiger partial charge in [-0.05, 0) is 43.3 Å². The van der Waals surface area contributed by atoms with Gasteiger partial charge in [0.25, 0.3) is 5.91 Å². The molecule has 2 aromatic carbocycles. The number of amides is 1. The number of aromatic nitrogens is 2. The number of nitrogens with one attached hydrogen (secondary N) is 1. The highest BCUT2D eigenvalue weighted by atomic mass is 16.5. The monoisotopic (exact) mass is 428 g/mol. The first-order valence-corrected chi connectivity index (χ1v) is 9.97. The van der Waals surface area contributed by atoms with Crippen molar-refractivity contribution in [3.63, 3.8) is 0 Å². The van der Waals surface area contributed by atoms with Gasteiger partial charge in [-0.1, -0.05) is 18.2 Å². The summed E-state index contributed by atoms with van der Waals surface area (Å²) in [5.41, 5.74) is 3.15. The zero-order valence-electron chi connectivity index (χ0n) is 17.4. The molecule has 1 aliphatic rings. The summed E-state index contributed by atoms with van der Waals surface area (Å²) in [7, 11) is 0. The van der Waals surface area contributed by atoms with Crippen LogP contribution < -0.4 is 10.3 Å². The number of hydrogen-bond acceptors (Lipinski definition) is 7. The molecule has 1 aliphatic heterocycles. The number of benzene rings is 2. The summed E-state index contributed by atoms with van der Waals surface area (Å²) in [6.07, 6.45) is 2.28. The number of esters is 1. The highest BCUT2D eigenvalue weighted by Crippen LogP contribution is 2.21. The van der Waals surface area contributed by atoms with E-state index in [0.29, 0.717) is 11.3 Å². The second kappa shape index (κ2) is 9.14. The Labute approximate surface area is 184 Å². The summed E-state index contributed by atoms with van der Waals surface area (Å²) in [6.45, 7) is 2.28. The van der Waals surface area contributed by atoms with Crippen LogP contribution in [0.15, 0.2) is 65.9 Å². The van der Waals surface area contributed by atoms with Gasteiger partial charge in [0.2, 0.25) is 0 Å². The first kappa shape index (κ1) is 20.8. The molecule has 1 aromatic heterocycles. The minimum Gasteiger partial charge on any atom is -0.452 e. The maximum atomic E-state index is 12.4. The Morgan fingerprint density at radius 1 is 1.12 bits per heavy atom. The van der Waals surface area contributed by atoms with Crippen molar-refractivity contribution in [2.45, 2.75) is 13.3 Å². The number of carbonyl (C=O) groups is 2. The first-order chi connectivity index (χ1) is 15.5. The summed E-state index contributed by atoms with van der Waals surface area (Å²) >= 11 is 0. The fourth-order valence-corrected chi connectivity index (χ4v) is 3.23. The lowest BCUT2D eigenvalue weighted by molar-refractivity contribution is -0.119. The minimum atomic E-state index is -0.620. The highest BCUT2D eigenvalue weighted by Gasteiger charge is 2.18. The molecular formula is C23H20N6O3. The molecule has 4 rings (SSSR count). The van der Waals surface area contributed by atoms with Crippen LogP contribution in [0.5, 0.6) is 0 Å². The molecule has 3 aromatic rings. The number of ether oxygens (including phenoxy) is 1. The van der Waals surface area contributed by atoms with Gasteiger partial charge in [0.15, 0.2) is 12.4 Å². The van der Waals surface area contributed by atoms with E-state index >= 15 is 0 Å². The molecule has 0 unspecified atom stereocenters. The summed E-state index contributed by atoms with van der Waals surface area (Å²) in [5.74, 6) is -0.985. The van der Waals surface area contributed by atoms with E-state index in [4.69, 9.17) is 4.74 Å². The molecule has 0 spiro atoms. The van der Waals surface area contributed by atoms with Crippen molar-refractivity contribution in [1.82, 2.24) is 9.78 Å². The van der Waals surface area contributed by atoms with Gasteiger partial charge in [0, 0.05) is 18.7 Å². The van der Waals surface area contributed by atoms with E-state index in [-0.39, 0.29) is 11.4 Å². The Morgan fingerprint density at radius 2 is 1.88 bits per heavy atom. The maximum absolute atomic E-state index is 12.4. The average molecular weight is 428 g/mol. The Kier molecular flexibility index (Phi) is 5.94. The third kappa shape index (κ3) is 4.49. The van der Waals surface area contributed by atoms with Crippen molar-refractivity contribution >= 4 is 29.1 Å². The van der Waals surface area contributed by atoms with Crippen LogP contribution in [0.4, 0.5) is 11.5 Å². The molecule has 1 amide bonds. The number of anilines is 2. The zero-order chi connectivity index (χ0) is 22.5. The molecular weight excluding hydrogens is 408 g/mol. The van der Waals surface area contributed by atoms with Crippen LogP contribution in [0.1, 0.15) is 29.3 Å². The van der Waals surface area contributed by atoms with Crippen LogP contribution in [0.3, 0.4) is 0 Å². The zero-order valence-corrected chi connectivity index (χ0v) is 17.4. The van der Waals surface area contributed by atoms with Crippen molar-refractivity contribution in [3.05, 3.63) is 71.9 Å². The normalized spacial score (nSPS) is 12.8. The molecule has 2 heterocycles. The molecule has 160 valence electrons. The number of hydrazone groups is 1. The number of carbonyl (C=O) groups excluding carboxylic acids is 2. The van der Waals surface area contributed by atoms with Crippen molar-refractivity contribution in [1.29, 1.82) is 5.26 Å². The van der Waals surface area contributed by atoms with Crippen LogP contribution in [0.2, 0.25) is 0 Å². The van der Waals surface area contributed by atoms with Crippen molar-refractivity contribution < 1.29 is 14.3 Å². The van der Waals surface area contributed by atoms with E-state index in [2.05, 4.69) is 15.5 Å². The fraction of sp³-hybridized carbons (Fsp3) is 0.174. The number of hydrogen-bond donors (Lipinski definition) is 1. The second-order valence-electron chi connectivity index (χ2n) is 7.15. The van der Waals surface area contributed by atoms with Crippen LogP contribution in [0.25, 0.3) is 5.69 Å². The Hall–Kier alpha value is -4.45. The summed E-state index contributed by atoms with van der Waals surface area (Å²) in [5, 5.41) is 22.4. The van der Waals surface area contributed by atoms with Gasteiger partial charge >= 0.3 is 5.97 Å². The standard InChI is InChI=1S/C23H20N6O3/c1-16-11-12-28(27-16)19-9-7-17(8-10-19)23(31)32-15-21(30)26-22-18(13-24)14-25-29(22)20-5-3-2-4-6-20/h2-10,14H,11-12,15H2,1H3,(H,26,30). The van der Waals surface area contributed by atoms with Gasteiger partial charge in [-0.15, -0.1) is 0 Å². The molecule has 9 nitrogen and oxygen atoms in total. The smallest absolute Gasteiger partial charge is 0.338 e. The van der Waals surface area contributed by atoms with Crippen LogP contribution >= 0.6 is 0 Å². The molecule has 0 saturated heterocycles. The minimum absolute atomic E-state index is 0.198. The van der Waals surface area contributed by atoms with Crippen molar-refractivity contribution in [2.75, 3.05) is 23.5 Å². The quantitative estimate of drug-likeness (QED) is 0.604. The number of rotatable bonds is 6. The summed E-state index contributed by atoms with van der Waals surface area (Å²) in [6, 6.07) is 17.9. The Balaban J connectivity index is 1.38. The van der Waals surface area contributed by atoms with E-state index in [1.807, 2.05) is 36.2 Å².